The summed E-state index contributed by atoms with van der Waals surface area (Å²) >= 11 is 6.35. The van der Waals surface area contributed by atoms with E-state index in [0.29, 0.717) is 23.0 Å². The Morgan fingerprint density at radius 2 is 1.87 bits per heavy atom. The number of carbonyl (C=O) groups is 1. The minimum atomic E-state index is -0.252. The maximum absolute atomic E-state index is 12.3. The lowest BCUT2D eigenvalue weighted by Gasteiger charge is -2.11. The van der Waals surface area contributed by atoms with Crippen LogP contribution < -0.4 is 10.1 Å². The number of rotatable bonds is 7. The maximum atomic E-state index is 12.3. The number of nitrogens with zero attached hydrogens (tertiary/aromatic N) is 2. The fraction of sp³-hybridized carbons (Fsp3) is 0.0833. The molecule has 0 spiro atoms. The van der Waals surface area contributed by atoms with Crippen LogP contribution in [0.5, 0.6) is 5.75 Å². The third kappa shape index (κ3) is 5.07. The number of amides is 1. The van der Waals surface area contributed by atoms with Gasteiger partial charge in [-0.15, -0.1) is 0 Å². The molecule has 0 saturated heterocycles. The zero-order valence-electron chi connectivity index (χ0n) is 16.2. The molecule has 30 heavy (non-hydrogen) atoms. The van der Waals surface area contributed by atoms with Crippen LogP contribution in [0.1, 0.15) is 5.56 Å². The smallest absolute Gasteiger partial charge is 0.262 e. The average Bonchev–Trinajstić information content (AvgIpc) is 3.27. The summed E-state index contributed by atoms with van der Waals surface area (Å²) in [6.45, 7) is 0.555. The molecule has 6 heteroatoms. The number of benzene rings is 3. The normalized spacial score (nSPS) is 10.6. The van der Waals surface area contributed by atoms with Crippen molar-refractivity contribution in [2.45, 2.75) is 6.54 Å². The van der Waals surface area contributed by atoms with E-state index in [9.17, 15) is 4.79 Å². The number of aromatic nitrogens is 2. The Hall–Kier alpha value is -3.57. The molecule has 4 aromatic rings. The van der Waals surface area contributed by atoms with Gasteiger partial charge in [-0.2, -0.15) is 0 Å². The summed E-state index contributed by atoms with van der Waals surface area (Å²) in [4.78, 5) is 16.4. The van der Waals surface area contributed by atoms with Crippen LogP contribution in [0.25, 0.3) is 11.1 Å². The van der Waals surface area contributed by atoms with Gasteiger partial charge in [-0.25, -0.2) is 4.98 Å². The average molecular weight is 418 g/mol. The predicted molar refractivity (Wildman–Crippen MR) is 119 cm³/mol. The largest absolute Gasteiger partial charge is 0.482 e. The van der Waals surface area contributed by atoms with Crippen molar-refractivity contribution in [3.8, 4) is 16.9 Å². The van der Waals surface area contributed by atoms with Crippen LogP contribution in [0.3, 0.4) is 0 Å². The third-order valence-electron chi connectivity index (χ3n) is 4.53. The van der Waals surface area contributed by atoms with Gasteiger partial charge in [0, 0.05) is 24.6 Å². The summed E-state index contributed by atoms with van der Waals surface area (Å²) in [6.07, 6.45) is 5.39. The van der Waals surface area contributed by atoms with Gasteiger partial charge in [0.25, 0.3) is 5.91 Å². The molecule has 0 aliphatic rings. The van der Waals surface area contributed by atoms with Crippen molar-refractivity contribution in [1.82, 2.24) is 9.55 Å². The maximum Gasteiger partial charge on any atom is 0.262 e. The molecule has 0 saturated carbocycles. The lowest BCUT2D eigenvalue weighted by atomic mass is 10.1. The van der Waals surface area contributed by atoms with Gasteiger partial charge >= 0.3 is 0 Å². The van der Waals surface area contributed by atoms with Crippen LogP contribution >= 0.6 is 11.6 Å². The van der Waals surface area contributed by atoms with Gasteiger partial charge in [0.05, 0.1) is 11.3 Å². The number of nitrogens with one attached hydrogen (secondary N) is 1. The summed E-state index contributed by atoms with van der Waals surface area (Å²) in [5, 5.41) is 3.32. The molecule has 0 fully saturated rings. The summed E-state index contributed by atoms with van der Waals surface area (Å²) in [5.74, 6) is 0.221. The van der Waals surface area contributed by atoms with Crippen LogP contribution in [0.4, 0.5) is 5.69 Å². The minimum absolute atomic E-state index is 0.129. The van der Waals surface area contributed by atoms with Crippen molar-refractivity contribution in [3.05, 3.63) is 102 Å². The summed E-state index contributed by atoms with van der Waals surface area (Å²) in [6, 6.07) is 23.2. The van der Waals surface area contributed by atoms with E-state index in [2.05, 4.69) is 10.3 Å². The quantitative estimate of drug-likeness (QED) is 0.445. The number of anilines is 1. The lowest BCUT2D eigenvalue weighted by Crippen LogP contribution is -2.20. The Bertz CT molecular complexity index is 1130. The van der Waals surface area contributed by atoms with Crippen molar-refractivity contribution in [3.63, 3.8) is 0 Å². The van der Waals surface area contributed by atoms with Gasteiger partial charge in [0.1, 0.15) is 5.75 Å². The van der Waals surface area contributed by atoms with Gasteiger partial charge in [-0.3, -0.25) is 4.79 Å². The second-order valence-electron chi connectivity index (χ2n) is 6.78. The number of imidazole rings is 1. The molecule has 1 heterocycles. The van der Waals surface area contributed by atoms with E-state index in [1.165, 1.54) is 0 Å². The second kappa shape index (κ2) is 9.29. The molecule has 0 radical (unpaired) electrons. The molecule has 0 atom stereocenters. The van der Waals surface area contributed by atoms with Gasteiger partial charge in [0.2, 0.25) is 0 Å². The molecule has 0 bridgehead atoms. The van der Waals surface area contributed by atoms with E-state index >= 15 is 0 Å². The first-order valence-electron chi connectivity index (χ1n) is 9.50. The second-order valence-corrected chi connectivity index (χ2v) is 7.19. The Morgan fingerprint density at radius 1 is 1.00 bits per heavy atom. The molecule has 0 aliphatic carbocycles. The van der Waals surface area contributed by atoms with Crippen molar-refractivity contribution < 1.29 is 9.53 Å². The Labute approximate surface area is 179 Å². The molecule has 3 aromatic carbocycles. The fourth-order valence-corrected chi connectivity index (χ4v) is 3.34. The Kier molecular flexibility index (Phi) is 6.11. The summed E-state index contributed by atoms with van der Waals surface area (Å²) in [7, 11) is 0. The van der Waals surface area contributed by atoms with E-state index in [4.69, 9.17) is 16.3 Å². The summed E-state index contributed by atoms with van der Waals surface area (Å²) < 4.78 is 7.58. The van der Waals surface area contributed by atoms with Gasteiger partial charge in [-0.05, 0) is 41.0 Å². The molecule has 1 N–H and O–H groups in total. The molecule has 5 nitrogen and oxygen atoms in total. The van der Waals surface area contributed by atoms with Crippen molar-refractivity contribution in [1.29, 1.82) is 0 Å². The number of halogens is 1. The fourth-order valence-electron chi connectivity index (χ4n) is 3.11. The number of carbonyl (C=O) groups excluding carboxylic acids is 1. The van der Waals surface area contributed by atoms with Crippen molar-refractivity contribution in [2.75, 3.05) is 11.9 Å². The van der Waals surface area contributed by atoms with Gasteiger partial charge in [0.15, 0.2) is 6.61 Å². The van der Waals surface area contributed by atoms with Crippen LogP contribution in [-0.4, -0.2) is 22.1 Å². The van der Waals surface area contributed by atoms with Crippen LogP contribution in [0, 0.1) is 0 Å². The van der Waals surface area contributed by atoms with E-state index in [1.54, 1.807) is 18.6 Å². The Balaban J connectivity index is 1.35. The molecular weight excluding hydrogens is 398 g/mol. The zero-order valence-corrected chi connectivity index (χ0v) is 16.9. The first kappa shape index (κ1) is 19.7. The highest BCUT2D eigenvalue weighted by Crippen LogP contribution is 2.30. The molecule has 0 aliphatic heterocycles. The Morgan fingerprint density at radius 3 is 2.63 bits per heavy atom. The van der Waals surface area contributed by atoms with Crippen LogP contribution in [0.15, 0.2) is 91.5 Å². The third-order valence-corrected chi connectivity index (χ3v) is 4.83. The van der Waals surface area contributed by atoms with E-state index in [1.807, 2.05) is 77.5 Å². The molecule has 1 amide bonds. The minimum Gasteiger partial charge on any atom is -0.482 e. The van der Waals surface area contributed by atoms with Crippen molar-refractivity contribution in [2.24, 2.45) is 0 Å². The molecule has 150 valence electrons. The predicted octanol–water partition coefficient (Wildman–Crippen LogP) is 5.27. The lowest BCUT2D eigenvalue weighted by molar-refractivity contribution is -0.118. The van der Waals surface area contributed by atoms with Crippen LogP contribution in [0.2, 0.25) is 5.02 Å². The summed E-state index contributed by atoms with van der Waals surface area (Å²) in [5.41, 5.74) is 3.84. The monoisotopic (exact) mass is 417 g/mol. The topological polar surface area (TPSA) is 56.1 Å². The van der Waals surface area contributed by atoms with E-state index in [0.717, 1.165) is 16.7 Å². The highest BCUT2D eigenvalue weighted by Gasteiger charge is 2.09. The van der Waals surface area contributed by atoms with E-state index < -0.39 is 0 Å². The van der Waals surface area contributed by atoms with Gasteiger partial charge < -0.3 is 14.6 Å². The first-order valence-corrected chi connectivity index (χ1v) is 9.87. The SMILES string of the molecule is O=C(COc1ccc(-c2ccccc2)cc1Cl)Nc1cccc(Cn2ccnc2)c1. The van der Waals surface area contributed by atoms with E-state index in [-0.39, 0.29) is 12.5 Å². The number of hydrogen-bond donors (Lipinski definition) is 1. The standard InChI is InChI=1S/C24H20ClN3O2/c25-22-14-20(19-6-2-1-3-7-19)9-10-23(22)30-16-24(29)27-21-8-4-5-18(13-21)15-28-12-11-26-17-28/h1-14,17H,15-16H2,(H,27,29). The highest BCUT2D eigenvalue weighted by atomic mass is 35.5. The first-order chi connectivity index (χ1) is 14.7. The van der Waals surface area contributed by atoms with Crippen LogP contribution in [-0.2, 0) is 11.3 Å². The molecule has 4 rings (SSSR count). The molecule has 0 unspecified atom stereocenters. The molecule has 1 aromatic heterocycles. The van der Waals surface area contributed by atoms with Gasteiger partial charge in [-0.1, -0.05) is 60.1 Å². The number of hydrogen-bond acceptors (Lipinski definition) is 3. The number of ether oxygens (including phenoxy) is 1. The highest BCUT2D eigenvalue weighted by molar-refractivity contribution is 6.32. The van der Waals surface area contributed by atoms with Crippen molar-refractivity contribution >= 4 is 23.2 Å². The zero-order chi connectivity index (χ0) is 20.8. The molecular formula is C24H20ClN3O2.